The number of aromatic nitrogens is 2. The number of nitrogens with one attached hydrogen (secondary N) is 1. The van der Waals surface area contributed by atoms with Gasteiger partial charge in [-0.2, -0.15) is 17.8 Å². The standard InChI is InChI=1S/C27H40F3N3O5/c1-6-8-9-10-11-12-13-14-32(26(36)38-17-18(3)4)33-24(34)20-15-19(23(7-2)37-5)21(27(28,29)30)16-22(20)31-25(33)35/h15-16,18,23H,6-14,17H2,1-5H3,(H,31,35). The molecular formula is C27H40F3N3O5. The molecule has 38 heavy (non-hydrogen) atoms. The van der Waals surface area contributed by atoms with Crippen LogP contribution in [-0.4, -0.2) is 36.0 Å². The summed E-state index contributed by atoms with van der Waals surface area (Å²) in [6.07, 6.45) is 0.385. The summed E-state index contributed by atoms with van der Waals surface area (Å²) >= 11 is 0. The van der Waals surface area contributed by atoms with Gasteiger partial charge in [-0.15, -0.1) is 0 Å². The highest BCUT2D eigenvalue weighted by Gasteiger charge is 2.36. The Balaban J connectivity index is 2.56. The molecule has 2 aromatic rings. The van der Waals surface area contributed by atoms with Crippen molar-refractivity contribution in [1.29, 1.82) is 0 Å². The van der Waals surface area contributed by atoms with Crippen LogP contribution in [0.2, 0.25) is 0 Å². The molecule has 0 saturated carbocycles. The number of amides is 1. The maximum absolute atomic E-state index is 13.8. The van der Waals surface area contributed by atoms with E-state index in [9.17, 15) is 27.6 Å². The van der Waals surface area contributed by atoms with Gasteiger partial charge in [0.25, 0.3) is 5.56 Å². The van der Waals surface area contributed by atoms with Crippen LogP contribution in [0.15, 0.2) is 21.7 Å². The third kappa shape index (κ3) is 8.09. The van der Waals surface area contributed by atoms with Gasteiger partial charge in [0.1, 0.15) is 0 Å². The van der Waals surface area contributed by atoms with Crippen LogP contribution in [0.5, 0.6) is 0 Å². The molecule has 0 aliphatic carbocycles. The monoisotopic (exact) mass is 543 g/mol. The highest BCUT2D eigenvalue weighted by atomic mass is 19.4. The molecule has 1 atom stereocenters. The molecule has 1 N–H and O–H groups in total. The minimum atomic E-state index is -4.73. The van der Waals surface area contributed by atoms with Gasteiger partial charge in [0, 0.05) is 13.7 Å². The van der Waals surface area contributed by atoms with Crippen LogP contribution < -0.4 is 16.3 Å². The molecule has 0 fully saturated rings. The first-order chi connectivity index (χ1) is 18.0. The molecule has 1 amide bonds. The molecule has 1 heterocycles. The average Bonchev–Trinajstić information content (AvgIpc) is 2.85. The van der Waals surface area contributed by atoms with E-state index >= 15 is 0 Å². The van der Waals surface area contributed by atoms with E-state index in [1.807, 2.05) is 13.8 Å². The molecule has 1 unspecified atom stereocenters. The van der Waals surface area contributed by atoms with E-state index in [0.717, 1.165) is 55.7 Å². The maximum Gasteiger partial charge on any atom is 0.429 e. The number of alkyl halides is 3. The molecule has 2 rings (SSSR count). The number of carbonyl (C=O) groups excluding carboxylic acids is 1. The summed E-state index contributed by atoms with van der Waals surface area (Å²) in [7, 11) is 1.29. The quantitative estimate of drug-likeness (QED) is 0.283. The number of ether oxygens (including phenoxy) is 2. The van der Waals surface area contributed by atoms with Crippen LogP contribution in [0.1, 0.15) is 96.3 Å². The Morgan fingerprint density at radius 3 is 2.24 bits per heavy atom. The van der Waals surface area contributed by atoms with Crippen molar-refractivity contribution in [1.82, 2.24) is 9.66 Å². The van der Waals surface area contributed by atoms with Gasteiger partial charge in [-0.1, -0.05) is 66.2 Å². The fourth-order valence-corrected chi connectivity index (χ4v) is 4.32. The second-order valence-electron chi connectivity index (χ2n) is 9.88. The van der Waals surface area contributed by atoms with E-state index < -0.39 is 35.2 Å². The summed E-state index contributed by atoms with van der Waals surface area (Å²) < 4.78 is 52.7. The van der Waals surface area contributed by atoms with Gasteiger partial charge < -0.3 is 14.5 Å². The zero-order valence-electron chi connectivity index (χ0n) is 23.0. The Morgan fingerprint density at radius 2 is 1.68 bits per heavy atom. The van der Waals surface area contributed by atoms with Crippen LogP contribution in [0.4, 0.5) is 18.0 Å². The van der Waals surface area contributed by atoms with Crippen molar-refractivity contribution in [3.63, 3.8) is 0 Å². The van der Waals surface area contributed by atoms with Gasteiger partial charge in [-0.05, 0) is 36.5 Å². The first-order valence-corrected chi connectivity index (χ1v) is 13.3. The molecule has 1 aromatic heterocycles. The van der Waals surface area contributed by atoms with Crippen LogP contribution in [0.3, 0.4) is 0 Å². The summed E-state index contributed by atoms with van der Waals surface area (Å²) in [5.74, 6) is 0.0225. The first-order valence-electron chi connectivity index (χ1n) is 13.3. The molecular weight excluding hydrogens is 503 g/mol. The van der Waals surface area contributed by atoms with E-state index in [4.69, 9.17) is 9.47 Å². The molecule has 8 nitrogen and oxygen atoms in total. The molecule has 1 aromatic carbocycles. The Morgan fingerprint density at radius 1 is 1.05 bits per heavy atom. The van der Waals surface area contributed by atoms with Gasteiger partial charge in [0.2, 0.25) is 0 Å². The van der Waals surface area contributed by atoms with E-state index in [2.05, 4.69) is 11.9 Å². The largest absolute Gasteiger partial charge is 0.448 e. The molecule has 0 aliphatic rings. The highest BCUT2D eigenvalue weighted by molar-refractivity contribution is 5.82. The predicted octanol–water partition coefficient (Wildman–Crippen LogP) is 6.29. The Labute approximate surface area is 221 Å². The van der Waals surface area contributed by atoms with E-state index in [1.165, 1.54) is 7.11 Å². The summed E-state index contributed by atoms with van der Waals surface area (Å²) in [5, 5.41) is 0.782. The zero-order valence-corrected chi connectivity index (χ0v) is 23.0. The minimum absolute atomic E-state index is 0.0225. The van der Waals surface area contributed by atoms with Gasteiger partial charge in [-0.25, -0.2) is 14.6 Å². The third-order valence-corrected chi connectivity index (χ3v) is 6.32. The van der Waals surface area contributed by atoms with E-state index in [0.29, 0.717) is 11.1 Å². The van der Waals surface area contributed by atoms with E-state index in [-0.39, 0.29) is 42.0 Å². The lowest BCUT2D eigenvalue weighted by molar-refractivity contribution is -0.139. The summed E-state index contributed by atoms with van der Waals surface area (Å²) in [4.78, 5) is 41.8. The number of unbranched alkanes of at least 4 members (excludes halogenated alkanes) is 6. The van der Waals surface area contributed by atoms with Crippen molar-refractivity contribution in [3.8, 4) is 0 Å². The lowest BCUT2D eigenvalue weighted by atomic mass is 9.97. The average molecular weight is 544 g/mol. The summed E-state index contributed by atoms with van der Waals surface area (Å²) in [5.41, 5.74) is -3.42. The number of fused-ring (bicyclic) bond motifs is 1. The molecule has 11 heteroatoms. The van der Waals surface area contributed by atoms with Crippen molar-refractivity contribution in [2.45, 2.75) is 91.3 Å². The van der Waals surface area contributed by atoms with Crippen molar-refractivity contribution in [3.05, 3.63) is 44.1 Å². The Kier molecular flexibility index (Phi) is 11.9. The molecule has 0 bridgehead atoms. The second kappa shape index (κ2) is 14.4. The molecule has 0 saturated heterocycles. The number of rotatable bonds is 14. The molecule has 0 spiro atoms. The normalized spacial score (nSPS) is 12.8. The lowest BCUT2D eigenvalue weighted by Gasteiger charge is -2.24. The molecule has 214 valence electrons. The van der Waals surface area contributed by atoms with Gasteiger partial charge in [0.15, 0.2) is 0 Å². The highest BCUT2D eigenvalue weighted by Crippen LogP contribution is 2.38. The number of methoxy groups -OCH3 is 1. The van der Waals surface area contributed by atoms with Gasteiger partial charge >= 0.3 is 18.0 Å². The predicted molar refractivity (Wildman–Crippen MR) is 141 cm³/mol. The fourth-order valence-electron chi connectivity index (χ4n) is 4.32. The van der Waals surface area contributed by atoms with Crippen molar-refractivity contribution in [2.24, 2.45) is 5.92 Å². The lowest BCUT2D eigenvalue weighted by Crippen LogP contribution is -2.54. The SMILES string of the molecule is CCCCCCCCCN(C(=O)OCC(C)C)n1c(=O)[nH]c2cc(C(F)(F)F)c(C(CC)OC)cc2c1=O. The van der Waals surface area contributed by atoms with Gasteiger partial charge in [-0.3, -0.25) is 4.79 Å². The van der Waals surface area contributed by atoms with Crippen LogP contribution in [0, 0.1) is 5.92 Å². The Hall–Kier alpha value is -2.82. The number of benzene rings is 1. The number of nitrogens with zero attached hydrogens (tertiary/aromatic N) is 2. The Bertz CT molecular complexity index is 1170. The van der Waals surface area contributed by atoms with Crippen molar-refractivity contribution in [2.75, 3.05) is 25.3 Å². The summed E-state index contributed by atoms with van der Waals surface area (Å²) in [6.45, 7) is 7.62. The zero-order chi connectivity index (χ0) is 28.5. The third-order valence-electron chi connectivity index (χ3n) is 6.32. The number of hydrogen-bond acceptors (Lipinski definition) is 5. The number of halogens is 3. The molecule has 0 aliphatic heterocycles. The number of hydrogen-bond donors (Lipinski definition) is 1. The molecule has 0 radical (unpaired) electrons. The van der Waals surface area contributed by atoms with E-state index in [1.54, 1.807) is 6.92 Å². The maximum atomic E-state index is 13.8. The first kappa shape index (κ1) is 31.4. The topological polar surface area (TPSA) is 93.6 Å². The fraction of sp³-hybridized carbons (Fsp3) is 0.667. The number of carbonyl (C=O) groups is 1. The summed E-state index contributed by atoms with van der Waals surface area (Å²) in [6, 6.07) is 1.84. The van der Waals surface area contributed by atoms with Crippen LogP contribution >= 0.6 is 0 Å². The van der Waals surface area contributed by atoms with Crippen LogP contribution in [-0.2, 0) is 15.7 Å². The smallest absolute Gasteiger partial charge is 0.429 e. The number of H-pyrrole nitrogens is 1. The van der Waals surface area contributed by atoms with Crippen molar-refractivity contribution >= 4 is 17.0 Å². The van der Waals surface area contributed by atoms with Crippen LogP contribution in [0.25, 0.3) is 10.9 Å². The minimum Gasteiger partial charge on any atom is -0.448 e. The second-order valence-corrected chi connectivity index (χ2v) is 9.88. The number of aromatic amines is 1. The van der Waals surface area contributed by atoms with Crippen molar-refractivity contribution < 1.29 is 27.4 Å². The van der Waals surface area contributed by atoms with Gasteiger partial charge in [0.05, 0.1) is 29.2 Å².